The molecule has 2 aromatic heterocycles. The number of rotatable bonds is 2. The van der Waals surface area contributed by atoms with Gasteiger partial charge < -0.3 is 14.6 Å². The number of fused-ring (bicyclic) bond motifs is 1. The lowest BCUT2D eigenvalue weighted by atomic mass is 10.1. The third kappa shape index (κ3) is 2.83. The van der Waals surface area contributed by atoms with Gasteiger partial charge in [-0.15, -0.1) is 0 Å². The first kappa shape index (κ1) is 15.4. The van der Waals surface area contributed by atoms with Gasteiger partial charge in [-0.1, -0.05) is 6.07 Å². The molecule has 3 heterocycles. The lowest BCUT2D eigenvalue weighted by molar-refractivity contribution is 0.122. The van der Waals surface area contributed by atoms with Crippen molar-refractivity contribution in [2.75, 3.05) is 31.2 Å². The van der Waals surface area contributed by atoms with Crippen LogP contribution in [0.1, 0.15) is 0 Å². The molecule has 0 atom stereocenters. The minimum absolute atomic E-state index is 0.121. The number of nitrogens with zero attached hydrogens (tertiary/aromatic N) is 2. The molecule has 0 radical (unpaired) electrons. The fourth-order valence-corrected chi connectivity index (χ4v) is 3.61. The predicted molar refractivity (Wildman–Crippen MR) is 98.5 cm³/mol. The highest BCUT2D eigenvalue weighted by atomic mass is 79.9. The van der Waals surface area contributed by atoms with E-state index in [1.807, 2.05) is 18.2 Å². The largest absolute Gasteiger partial charge is 0.378 e. The molecular formula is C18H16BrN3O2. The minimum Gasteiger partial charge on any atom is -0.378 e. The molecule has 6 heteroatoms. The van der Waals surface area contributed by atoms with Gasteiger partial charge in [-0.05, 0) is 51.8 Å². The molecule has 4 rings (SSSR count). The number of halogens is 1. The zero-order valence-corrected chi connectivity index (χ0v) is 14.5. The highest BCUT2D eigenvalue weighted by Gasteiger charge is 2.15. The number of aromatic nitrogens is 2. The van der Waals surface area contributed by atoms with Crippen molar-refractivity contribution in [3.05, 3.63) is 57.4 Å². The summed E-state index contributed by atoms with van der Waals surface area (Å²) in [6.07, 6.45) is 1.70. The van der Waals surface area contributed by atoms with Crippen molar-refractivity contribution in [2.45, 2.75) is 0 Å². The molecule has 0 amide bonds. The van der Waals surface area contributed by atoms with Crippen LogP contribution in [0.3, 0.4) is 0 Å². The van der Waals surface area contributed by atoms with Crippen LogP contribution in [0.2, 0.25) is 0 Å². The molecule has 1 aliphatic heterocycles. The van der Waals surface area contributed by atoms with E-state index < -0.39 is 0 Å². The normalized spacial score (nSPS) is 15.0. The van der Waals surface area contributed by atoms with Gasteiger partial charge in [-0.2, -0.15) is 0 Å². The number of benzene rings is 1. The Balaban J connectivity index is 1.74. The Morgan fingerprint density at radius 3 is 2.79 bits per heavy atom. The smallest absolute Gasteiger partial charge is 0.257 e. The van der Waals surface area contributed by atoms with E-state index in [1.165, 1.54) is 0 Å². The molecule has 1 aromatic carbocycles. The van der Waals surface area contributed by atoms with Gasteiger partial charge in [0.1, 0.15) is 0 Å². The second-order valence-electron chi connectivity index (χ2n) is 5.71. The van der Waals surface area contributed by atoms with Crippen LogP contribution in [-0.2, 0) is 4.74 Å². The molecule has 0 saturated carbocycles. The lowest BCUT2D eigenvalue weighted by Gasteiger charge is -2.29. The predicted octanol–water partition coefficient (Wildman–Crippen LogP) is 3.19. The summed E-state index contributed by atoms with van der Waals surface area (Å²) in [6.45, 7) is 3.26. The summed E-state index contributed by atoms with van der Waals surface area (Å²) in [5.74, 6) is 0. The number of ether oxygens (including phenoxy) is 1. The zero-order chi connectivity index (χ0) is 16.5. The molecule has 122 valence electrons. The van der Waals surface area contributed by atoms with Crippen LogP contribution in [0.25, 0.3) is 22.2 Å². The Morgan fingerprint density at radius 2 is 2.00 bits per heavy atom. The maximum atomic E-state index is 12.2. The number of anilines is 1. The van der Waals surface area contributed by atoms with Crippen LogP contribution in [0, 0.1) is 0 Å². The van der Waals surface area contributed by atoms with Crippen LogP contribution in [-0.4, -0.2) is 36.3 Å². The van der Waals surface area contributed by atoms with Gasteiger partial charge in [0, 0.05) is 23.8 Å². The van der Waals surface area contributed by atoms with Crippen molar-refractivity contribution in [1.82, 2.24) is 9.97 Å². The Morgan fingerprint density at radius 1 is 1.17 bits per heavy atom. The molecule has 0 bridgehead atoms. The van der Waals surface area contributed by atoms with Crippen molar-refractivity contribution in [3.63, 3.8) is 0 Å². The molecular weight excluding hydrogens is 370 g/mol. The standard InChI is InChI=1S/C18H16BrN3O2/c19-14-10-12(3-4-17(14)22-6-8-24-9-7-22)15-11-16-13(18(23)21-15)2-1-5-20-16/h1-5,10-11H,6-9H2,(H,21,23). The lowest BCUT2D eigenvalue weighted by Crippen LogP contribution is -2.36. The summed E-state index contributed by atoms with van der Waals surface area (Å²) in [4.78, 5) is 21.8. The number of pyridine rings is 2. The van der Waals surface area contributed by atoms with E-state index >= 15 is 0 Å². The second kappa shape index (κ2) is 6.37. The van der Waals surface area contributed by atoms with E-state index in [9.17, 15) is 4.79 Å². The molecule has 1 fully saturated rings. The highest BCUT2D eigenvalue weighted by molar-refractivity contribution is 9.10. The maximum Gasteiger partial charge on any atom is 0.257 e. The van der Waals surface area contributed by atoms with Crippen molar-refractivity contribution in [3.8, 4) is 11.3 Å². The third-order valence-electron chi connectivity index (χ3n) is 4.22. The van der Waals surface area contributed by atoms with Crippen molar-refractivity contribution in [1.29, 1.82) is 0 Å². The molecule has 0 unspecified atom stereocenters. The van der Waals surface area contributed by atoms with Gasteiger partial charge in [-0.25, -0.2) is 0 Å². The number of H-pyrrole nitrogens is 1. The molecule has 1 N–H and O–H groups in total. The summed E-state index contributed by atoms with van der Waals surface area (Å²) >= 11 is 3.66. The van der Waals surface area contributed by atoms with Crippen LogP contribution in [0.4, 0.5) is 5.69 Å². The average Bonchev–Trinajstić information content (AvgIpc) is 2.62. The highest BCUT2D eigenvalue weighted by Crippen LogP contribution is 2.31. The summed E-state index contributed by atoms with van der Waals surface area (Å²) < 4.78 is 6.41. The number of nitrogens with one attached hydrogen (secondary N) is 1. The summed E-state index contributed by atoms with van der Waals surface area (Å²) in [6, 6.07) is 11.6. The van der Waals surface area contributed by atoms with Gasteiger partial charge in [0.15, 0.2) is 0 Å². The number of morpholine rings is 1. The van der Waals surface area contributed by atoms with E-state index in [0.717, 1.165) is 47.7 Å². The quantitative estimate of drug-likeness (QED) is 0.735. The first-order chi connectivity index (χ1) is 11.7. The van der Waals surface area contributed by atoms with Crippen molar-refractivity contribution < 1.29 is 4.74 Å². The Bertz CT molecular complexity index is 948. The summed E-state index contributed by atoms with van der Waals surface area (Å²) in [5, 5.41) is 0.602. The van der Waals surface area contributed by atoms with Gasteiger partial charge >= 0.3 is 0 Å². The van der Waals surface area contributed by atoms with Crippen LogP contribution < -0.4 is 10.5 Å². The Hall–Kier alpha value is -2.18. The van der Waals surface area contributed by atoms with E-state index in [0.29, 0.717) is 10.9 Å². The van der Waals surface area contributed by atoms with E-state index in [-0.39, 0.29) is 5.56 Å². The zero-order valence-electron chi connectivity index (χ0n) is 13.0. The minimum atomic E-state index is -0.121. The first-order valence-electron chi connectivity index (χ1n) is 7.83. The van der Waals surface area contributed by atoms with Crippen LogP contribution in [0.5, 0.6) is 0 Å². The number of hydrogen-bond acceptors (Lipinski definition) is 4. The topological polar surface area (TPSA) is 58.2 Å². The molecule has 5 nitrogen and oxygen atoms in total. The molecule has 0 aliphatic carbocycles. The second-order valence-corrected chi connectivity index (χ2v) is 6.57. The third-order valence-corrected chi connectivity index (χ3v) is 4.86. The average molecular weight is 386 g/mol. The van der Waals surface area contributed by atoms with Gasteiger partial charge in [0.05, 0.1) is 35.5 Å². The Kier molecular flexibility index (Phi) is 4.08. The molecule has 1 aliphatic rings. The number of aromatic amines is 1. The molecule has 0 spiro atoms. The van der Waals surface area contributed by atoms with E-state index in [2.05, 4.69) is 36.9 Å². The maximum absolute atomic E-state index is 12.2. The summed E-state index contributed by atoms with van der Waals surface area (Å²) in [7, 11) is 0. The van der Waals surface area contributed by atoms with Gasteiger partial charge in [0.25, 0.3) is 5.56 Å². The number of hydrogen-bond donors (Lipinski definition) is 1. The van der Waals surface area contributed by atoms with Crippen LogP contribution in [0.15, 0.2) is 51.9 Å². The Labute approximate surface area is 147 Å². The molecule has 3 aromatic rings. The fraction of sp³-hybridized carbons (Fsp3) is 0.222. The van der Waals surface area contributed by atoms with Crippen LogP contribution >= 0.6 is 15.9 Å². The monoisotopic (exact) mass is 385 g/mol. The fourth-order valence-electron chi connectivity index (χ4n) is 2.98. The SMILES string of the molecule is O=c1[nH]c(-c2ccc(N3CCOCC3)c(Br)c2)cc2ncccc12. The molecule has 24 heavy (non-hydrogen) atoms. The first-order valence-corrected chi connectivity index (χ1v) is 8.62. The van der Waals surface area contributed by atoms with Crippen molar-refractivity contribution >= 4 is 32.5 Å². The van der Waals surface area contributed by atoms with Crippen molar-refractivity contribution in [2.24, 2.45) is 0 Å². The van der Waals surface area contributed by atoms with E-state index in [4.69, 9.17) is 4.74 Å². The van der Waals surface area contributed by atoms with Gasteiger partial charge in [0.2, 0.25) is 0 Å². The summed E-state index contributed by atoms with van der Waals surface area (Å²) in [5.41, 5.74) is 3.43. The van der Waals surface area contributed by atoms with E-state index in [1.54, 1.807) is 18.3 Å². The molecule has 1 saturated heterocycles. The van der Waals surface area contributed by atoms with Gasteiger partial charge in [-0.3, -0.25) is 9.78 Å².